The average molecular weight is 410 g/mol. The van der Waals surface area contributed by atoms with E-state index in [0.29, 0.717) is 21.4 Å². The van der Waals surface area contributed by atoms with Crippen molar-refractivity contribution in [3.05, 3.63) is 63.6 Å². The van der Waals surface area contributed by atoms with Gasteiger partial charge in [-0.25, -0.2) is 0 Å². The number of nitrogens with one attached hydrogen (secondary N) is 1. The minimum Gasteiger partial charge on any atom is -0.393 e. The van der Waals surface area contributed by atoms with Gasteiger partial charge >= 0.3 is 0 Å². The van der Waals surface area contributed by atoms with E-state index in [9.17, 15) is 9.90 Å². The Hall–Kier alpha value is -1.20. The van der Waals surface area contributed by atoms with Gasteiger partial charge in [-0.15, -0.1) is 11.8 Å². The number of aliphatic hydroxyl groups excluding tert-OH is 1. The van der Waals surface area contributed by atoms with E-state index in [4.69, 9.17) is 23.2 Å². The standard InChI is InChI=1S/C20H21Cl2NO2S/c21-15-4-9-18(22)19(11-15)26-12-13-2-1-3-14(10-13)20(25)23-16-5-7-17(24)8-6-16/h1-4,9-11,16-17,24H,5-8,12H2,(H,23,25). The number of carbonyl (C=O) groups excluding carboxylic acids is 1. The molecule has 0 radical (unpaired) electrons. The zero-order valence-electron chi connectivity index (χ0n) is 14.3. The van der Waals surface area contributed by atoms with Gasteiger partial charge < -0.3 is 10.4 Å². The normalized spacial score (nSPS) is 20.0. The SMILES string of the molecule is O=C(NC1CCC(O)CC1)c1cccc(CSc2cc(Cl)ccc2Cl)c1. The summed E-state index contributed by atoms with van der Waals surface area (Å²) in [7, 11) is 0. The third-order valence-corrected chi connectivity index (χ3v) is 6.31. The van der Waals surface area contributed by atoms with Crippen LogP contribution in [0, 0.1) is 0 Å². The Morgan fingerprint density at radius 1 is 1.12 bits per heavy atom. The van der Waals surface area contributed by atoms with Gasteiger partial charge in [-0.1, -0.05) is 35.3 Å². The number of amides is 1. The average Bonchev–Trinajstić information content (AvgIpc) is 2.64. The number of rotatable bonds is 5. The summed E-state index contributed by atoms with van der Waals surface area (Å²) >= 11 is 13.8. The summed E-state index contributed by atoms with van der Waals surface area (Å²) < 4.78 is 0. The van der Waals surface area contributed by atoms with Crippen LogP contribution in [0.15, 0.2) is 47.4 Å². The van der Waals surface area contributed by atoms with E-state index in [1.165, 1.54) is 0 Å². The zero-order chi connectivity index (χ0) is 18.5. The molecule has 3 rings (SSSR count). The second-order valence-corrected chi connectivity index (χ2v) is 8.40. The lowest BCUT2D eigenvalue weighted by Gasteiger charge is -2.26. The largest absolute Gasteiger partial charge is 0.393 e. The smallest absolute Gasteiger partial charge is 0.251 e. The third kappa shape index (κ3) is 5.40. The van der Waals surface area contributed by atoms with E-state index in [-0.39, 0.29) is 18.1 Å². The predicted molar refractivity (Wildman–Crippen MR) is 108 cm³/mol. The van der Waals surface area contributed by atoms with Gasteiger partial charge in [0.05, 0.1) is 11.1 Å². The van der Waals surface area contributed by atoms with Crippen LogP contribution in [0.1, 0.15) is 41.6 Å². The lowest BCUT2D eigenvalue weighted by Crippen LogP contribution is -2.38. The summed E-state index contributed by atoms with van der Waals surface area (Å²) in [5, 5.41) is 14.0. The first kappa shape index (κ1) is 19.6. The highest BCUT2D eigenvalue weighted by atomic mass is 35.5. The topological polar surface area (TPSA) is 49.3 Å². The molecular weight excluding hydrogens is 389 g/mol. The van der Waals surface area contributed by atoms with Crippen LogP contribution in [0.2, 0.25) is 10.0 Å². The third-order valence-electron chi connectivity index (χ3n) is 4.51. The van der Waals surface area contributed by atoms with Crippen LogP contribution >= 0.6 is 35.0 Å². The van der Waals surface area contributed by atoms with Crippen molar-refractivity contribution in [2.24, 2.45) is 0 Å². The second-order valence-electron chi connectivity index (χ2n) is 6.54. The molecule has 26 heavy (non-hydrogen) atoms. The minimum absolute atomic E-state index is 0.0565. The highest BCUT2D eigenvalue weighted by Crippen LogP contribution is 2.32. The maximum Gasteiger partial charge on any atom is 0.251 e. The zero-order valence-corrected chi connectivity index (χ0v) is 16.6. The van der Waals surface area contributed by atoms with E-state index in [0.717, 1.165) is 36.1 Å². The first-order chi connectivity index (χ1) is 12.5. The summed E-state index contributed by atoms with van der Waals surface area (Å²) in [6, 6.07) is 13.2. The van der Waals surface area contributed by atoms with Crippen LogP contribution in [-0.4, -0.2) is 23.2 Å². The van der Waals surface area contributed by atoms with Gasteiger partial charge in [-0.2, -0.15) is 0 Å². The maximum absolute atomic E-state index is 12.5. The van der Waals surface area contributed by atoms with Crippen LogP contribution < -0.4 is 5.32 Å². The Balaban J connectivity index is 1.60. The monoisotopic (exact) mass is 409 g/mol. The number of halogens is 2. The first-order valence-electron chi connectivity index (χ1n) is 8.67. The van der Waals surface area contributed by atoms with Gasteiger partial charge in [-0.05, 0) is 61.6 Å². The summed E-state index contributed by atoms with van der Waals surface area (Å²) in [5.74, 6) is 0.649. The van der Waals surface area contributed by atoms with Crippen LogP contribution in [0.4, 0.5) is 0 Å². The molecule has 2 aromatic carbocycles. The van der Waals surface area contributed by atoms with Crippen molar-refractivity contribution >= 4 is 40.9 Å². The van der Waals surface area contributed by atoms with E-state index in [1.54, 1.807) is 23.9 Å². The quantitative estimate of drug-likeness (QED) is 0.656. The van der Waals surface area contributed by atoms with Gasteiger partial charge in [0.1, 0.15) is 0 Å². The molecule has 0 aliphatic heterocycles. The lowest BCUT2D eigenvalue weighted by atomic mass is 9.93. The van der Waals surface area contributed by atoms with E-state index in [1.807, 2.05) is 30.3 Å². The van der Waals surface area contributed by atoms with Crippen molar-refractivity contribution in [3.8, 4) is 0 Å². The molecular formula is C20H21Cl2NO2S. The van der Waals surface area contributed by atoms with Crippen LogP contribution in [-0.2, 0) is 5.75 Å². The van der Waals surface area contributed by atoms with Crippen LogP contribution in [0.3, 0.4) is 0 Å². The molecule has 2 aromatic rings. The molecule has 1 fully saturated rings. The molecule has 1 aliphatic rings. The number of benzene rings is 2. The summed E-state index contributed by atoms with van der Waals surface area (Å²) in [6.45, 7) is 0. The Morgan fingerprint density at radius 2 is 1.88 bits per heavy atom. The fourth-order valence-corrected chi connectivity index (χ4v) is 4.48. The van der Waals surface area contributed by atoms with Crippen molar-refractivity contribution in [1.29, 1.82) is 0 Å². The fraction of sp³-hybridized carbons (Fsp3) is 0.350. The second kappa shape index (κ2) is 9.14. The summed E-state index contributed by atoms with van der Waals surface area (Å²) in [5.41, 5.74) is 1.71. The van der Waals surface area contributed by atoms with Crippen LogP contribution in [0.5, 0.6) is 0 Å². The van der Waals surface area contributed by atoms with E-state index >= 15 is 0 Å². The van der Waals surface area contributed by atoms with Gasteiger partial charge in [0, 0.05) is 27.3 Å². The molecule has 0 saturated heterocycles. The van der Waals surface area contributed by atoms with E-state index in [2.05, 4.69) is 5.32 Å². The Bertz CT molecular complexity index is 776. The molecule has 6 heteroatoms. The molecule has 1 amide bonds. The van der Waals surface area contributed by atoms with Crippen molar-refractivity contribution in [2.75, 3.05) is 0 Å². The number of hydrogen-bond donors (Lipinski definition) is 2. The summed E-state index contributed by atoms with van der Waals surface area (Å²) in [6.07, 6.45) is 2.94. The molecule has 1 aliphatic carbocycles. The van der Waals surface area contributed by atoms with Crippen molar-refractivity contribution in [3.63, 3.8) is 0 Å². The highest BCUT2D eigenvalue weighted by molar-refractivity contribution is 7.98. The van der Waals surface area contributed by atoms with E-state index < -0.39 is 0 Å². The van der Waals surface area contributed by atoms with Gasteiger partial charge in [0.15, 0.2) is 0 Å². The number of thioether (sulfide) groups is 1. The molecule has 2 N–H and O–H groups in total. The molecule has 3 nitrogen and oxygen atoms in total. The Kier molecular flexibility index (Phi) is 6.87. The molecule has 0 unspecified atom stereocenters. The first-order valence-corrected chi connectivity index (χ1v) is 10.4. The fourth-order valence-electron chi connectivity index (χ4n) is 3.04. The minimum atomic E-state index is -0.221. The molecule has 0 heterocycles. The molecule has 1 saturated carbocycles. The lowest BCUT2D eigenvalue weighted by molar-refractivity contribution is 0.0867. The molecule has 138 valence electrons. The van der Waals surface area contributed by atoms with Gasteiger partial charge in [0.25, 0.3) is 5.91 Å². The Labute approximate surface area is 168 Å². The molecule has 0 spiro atoms. The number of carbonyl (C=O) groups is 1. The summed E-state index contributed by atoms with van der Waals surface area (Å²) in [4.78, 5) is 13.4. The van der Waals surface area contributed by atoms with Crippen molar-refractivity contribution in [2.45, 2.75) is 48.5 Å². The maximum atomic E-state index is 12.5. The molecule has 0 atom stereocenters. The van der Waals surface area contributed by atoms with Crippen molar-refractivity contribution < 1.29 is 9.90 Å². The van der Waals surface area contributed by atoms with Crippen LogP contribution in [0.25, 0.3) is 0 Å². The van der Waals surface area contributed by atoms with Crippen molar-refractivity contribution in [1.82, 2.24) is 5.32 Å². The van der Waals surface area contributed by atoms with Gasteiger partial charge in [0.2, 0.25) is 0 Å². The Morgan fingerprint density at radius 3 is 2.65 bits per heavy atom. The molecule has 0 aromatic heterocycles. The number of hydrogen-bond acceptors (Lipinski definition) is 3. The van der Waals surface area contributed by atoms with Gasteiger partial charge in [-0.3, -0.25) is 4.79 Å². The highest BCUT2D eigenvalue weighted by Gasteiger charge is 2.21. The number of aliphatic hydroxyl groups is 1. The molecule has 0 bridgehead atoms. The predicted octanol–water partition coefficient (Wildman–Crippen LogP) is 5.32.